The van der Waals surface area contributed by atoms with E-state index in [1.807, 2.05) is 35.2 Å². The number of nitrogens with zero attached hydrogens (tertiary/aromatic N) is 3. The first-order valence-electron chi connectivity index (χ1n) is 12.7. The number of ether oxygens (including phenoxy) is 3. The summed E-state index contributed by atoms with van der Waals surface area (Å²) in [4.78, 5) is 31.9. The van der Waals surface area contributed by atoms with Gasteiger partial charge >= 0.3 is 6.03 Å². The number of urea groups is 1. The maximum absolute atomic E-state index is 13.3. The van der Waals surface area contributed by atoms with Gasteiger partial charge in [0.1, 0.15) is 11.3 Å². The van der Waals surface area contributed by atoms with Crippen molar-refractivity contribution in [2.45, 2.75) is 38.1 Å². The van der Waals surface area contributed by atoms with Gasteiger partial charge in [0.25, 0.3) is 5.91 Å². The van der Waals surface area contributed by atoms with Crippen LogP contribution in [0.1, 0.15) is 30.9 Å². The minimum atomic E-state index is -0.727. The molecule has 192 valence electrons. The Labute approximate surface area is 212 Å². The SMILES string of the molecule is COc1ccc(CCN2C(=O)N(C)C(=O)C23CCN(CC(C)Cc2ccc4c(c2)OCO4)CC3)cc1. The molecular formula is C28H35N3O5. The minimum absolute atomic E-state index is 0.0599. The molecule has 1 unspecified atom stereocenters. The predicted octanol–water partition coefficient (Wildman–Crippen LogP) is 3.57. The molecule has 3 aliphatic heterocycles. The molecule has 3 amide bonds. The summed E-state index contributed by atoms with van der Waals surface area (Å²) in [5.74, 6) is 2.83. The molecular weight excluding hydrogens is 458 g/mol. The fraction of sp³-hybridized carbons (Fsp3) is 0.500. The summed E-state index contributed by atoms with van der Waals surface area (Å²) in [6.07, 6.45) is 2.99. The zero-order valence-corrected chi connectivity index (χ0v) is 21.4. The van der Waals surface area contributed by atoms with Crippen molar-refractivity contribution in [3.05, 3.63) is 53.6 Å². The third-order valence-electron chi connectivity index (χ3n) is 7.79. The van der Waals surface area contributed by atoms with Gasteiger partial charge in [-0.2, -0.15) is 0 Å². The predicted molar refractivity (Wildman–Crippen MR) is 135 cm³/mol. The average molecular weight is 494 g/mol. The zero-order valence-electron chi connectivity index (χ0n) is 21.4. The number of carbonyl (C=O) groups is 2. The Balaban J connectivity index is 1.19. The van der Waals surface area contributed by atoms with Crippen molar-refractivity contribution in [1.29, 1.82) is 0 Å². The third kappa shape index (κ3) is 4.62. The van der Waals surface area contributed by atoms with E-state index in [0.717, 1.165) is 48.9 Å². The van der Waals surface area contributed by atoms with Crippen molar-refractivity contribution in [2.75, 3.05) is 47.1 Å². The highest BCUT2D eigenvalue weighted by molar-refractivity contribution is 6.06. The summed E-state index contributed by atoms with van der Waals surface area (Å²) < 4.78 is 16.2. The number of benzene rings is 2. The van der Waals surface area contributed by atoms with Crippen molar-refractivity contribution >= 4 is 11.9 Å². The molecule has 0 aliphatic carbocycles. The lowest BCUT2D eigenvalue weighted by atomic mass is 9.85. The first-order valence-corrected chi connectivity index (χ1v) is 12.7. The number of likely N-dealkylation sites (N-methyl/N-ethyl adjacent to an activating group) is 1. The van der Waals surface area contributed by atoms with Crippen molar-refractivity contribution in [3.63, 3.8) is 0 Å². The van der Waals surface area contributed by atoms with Gasteiger partial charge in [-0.25, -0.2) is 4.79 Å². The molecule has 1 spiro atoms. The summed E-state index contributed by atoms with van der Waals surface area (Å²) in [5.41, 5.74) is 1.63. The van der Waals surface area contributed by atoms with E-state index in [2.05, 4.69) is 24.0 Å². The summed E-state index contributed by atoms with van der Waals surface area (Å²) in [5, 5.41) is 0. The Morgan fingerprint density at radius 1 is 1.00 bits per heavy atom. The summed E-state index contributed by atoms with van der Waals surface area (Å²) in [7, 11) is 3.26. The number of hydrogen-bond acceptors (Lipinski definition) is 6. The molecule has 36 heavy (non-hydrogen) atoms. The lowest BCUT2D eigenvalue weighted by Crippen LogP contribution is -2.57. The van der Waals surface area contributed by atoms with Gasteiger partial charge in [0.15, 0.2) is 11.5 Å². The maximum Gasteiger partial charge on any atom is 0.327 e. The molecule has 0 N–H and O–H groups in total. The van der Waals surface area contributed by atoms with Gasteiger partial charge in [-0.3, -0.25) is 9.69 Å². The molecule has 0 saturated carbocycles. The maximum atomic E-state index is 13.3. The molecule has 8 heteroatoms. The Kier molecular flexibility index (Phi) is 6.79. The van der Waals surface area contributed by atoms with Crippen LogP contribution in [0.4, 0.5) is 4.79 Å². The fourth-order valence-electron chi connectivity index (χ4n) is 5.79. The van der Waals surface area contributed by atoms with E-state index in [1.54, 1.807) is 14.2 Å². The van der Waals surface area contributed by atoms with Crippen molar-refractivity contribution < 1.29 is 23.8 Å². The Morgan fingerprint density at radius 2 is 1.69 bits per heavy atom. The second-order valence-corrected chi connectivity index (χ2v) is 10.2. The number of hydrogen-bond donors (Lipinski definition) is 0. The second-order valence-electron chi connectivity index (χ2n) is 10.2. The zero-order chi connectivity index (χ0) is 25.3. The number of likely N-dealkylation sites (tertiary alicyclic amines) is 1. The third-order valence-corrected chi connectivity index (χ3v) is 7.79. The first kappa shape index (κ1) is 24.4. The standard InChI is InChI=1S/C28H35N3O5/c1-20(16-22-6-9-24-25(17-22)36-19-35-24)18-30-14-11-28(12-15-30)26(32)29(2)27(33)31(28)13-10-21-4-7-23(34-3)8-5-21/h4-9,17,20H,10-16,18-19H2,1-3H3. The normalized spacial score (nSPS) is 19.9. The molecule has 2 fully saturated rings. The van der Waals surface area contributed by atoms with E-state index in [0.29, 0.717) is 31.7 Å². The van der Waals surface area contributed by atoms with Gasteiger partial charge in [-0.1, -0.05) is 25.1 Å². The summed E-state index contributed by atoms with van der Waals surface area (Å²) in [6.45, 7) is 5.64. The largest absolute Gasteiger partial charge is 0.497 e. The highest BCUT2D eigenvalue weighted by Gasteiger charge is 2.56. The van der Waals surface area contributed by atoms with Gasteiger partial charge in [0, 0.05) is 33.2 Å². The fourth-order valence-corrected chi connectivity index (χ4v) is 5.79. The molecule has 0 bridgehead atoms. The van der Waals surface area contributed by atoms with E-state index in [-0.39, 0.29) is 18.7 Å². The number of imide groups is 1. The first-order chi connectivity index (χ1) is 17.4. The average Bonchev–Trinajstić information content (AvgIpc) is 3.42. The van der Waals surface area contributed by atoms with E-state index < -0.39 is 5.54 Å². The van der Waals surface area contributed by atoms with Crippen LogP contribution in [0, 0.1) is 5.92 Å². The van der Waals surface area contributed by atoms with E-state index >= 15 is 0 Å². The molecule has 0 aromatic heterocycles. The van der Waals surface area contributed by atoms with E-state index in [9.17, 15) is 9.59 Å². The van der Waals surface area contributed by atoms with Gasteiger partial charge < -0.3 is 24.0 Å². The van der Waals surface area contributed by atoms with Gasteiger partial charge in [0.2, 0.25) is 6.79 Å². The van der Waals surface area contributed by atoms with E-state index in [4.69, 9.17) is 14.2 Å². The van der Waals surface area contributed by atoms with Crippen LogP contribution in [0.25, 0.3) is 0 Å². The lowest BCUT2D eigenvalue weighted by Gasteiger charge is -2.43. The van der Waals surface area contributed by atoms with Crippen LogP contribution >= 0.6 is 0 Å². The quantitative estimate of drug-likeness (QED) is 0.524. The van der Waals surface area contributed by atoms with Crippen LogP contribution in [-0.2, 0) is 17.6 Å². The molecule has 2 aromatic rings. The number of piperidine rings is 1. The second kappa shape index (κ2) is 10.0. The highest BCUT2D eigenvalue weighted by atomic mass is 16.7. The van der Waals surface area contributed by atoms with Gasteiger partial charge in [0.05, 0.1) is 7.11 Å². The number of rotatable bonds is 8. The van der Waals surface area contributed by atoms with Gasteiger partial charge in [-0.05, 0) is 67.0 Å². The van der Waals surface area contributed by atoms with Crippen LogP contribution in [0.2, 0.25) is 0 Å². The van der Waals surface area contributed by atoms with Crippen LogP contribution in [0.5, 0.6) is 17.2 Å². The molecule has 5 rings (SSSR count). The summed E-state index contributed by atoms with van der Waals surface area (Å²) in [6, 6.07) is 13.9. The van der Waals surface area contributed by atoms with Crippen LogP contribution in [-0.4, -0.2) is 79.3 Å². The molecule has 0 radical (unpaired) electrons. The van der Waals surface area contributed by atoms with Crippen molar-refractivity contribution in [2.24, 2.45) is 5.92 Å². The molecule has 2 aromatic carbocycles. The minimum Gasteiger partial charge on any atom is -0.497 e. The number of methoxy groups -OCH3 is 1. The van der Waals surface area contributed by atoms with Crippen molar-refractivity contribution in [1.82, 2.24) is 14.7 Å². The molecule has 8 nitrogen and oxygen atoms in total. The number of carbonyl (C=O) groups excluding carboxylic acids is 2. The smallest absolute Gasteiger partial charge is 0.327 e. The molecule has 3 aliphatic rings. The highest BCUT2D eigenvalue weighted by Crippen LogP contribution is 2.37. The Bertz CT molecular complexity index is 1110. The van der Waals surface area contributed by atoms with Crippen LogP contribution in [0.15, 0.2) is 42.5 Å². The molecule has 1 atom stereocenters. The number of amides is 3. The van der Waals surface area contributed by atoms with Crippen LogP contribution < -0.4 is 14.2 Å². The Hall–Kier alpha value is -3.26. The lowest BCUT2D eigenvalue weighted by molar-refractivity contribution is -0.134. The van der Waals surface area contributed by atoms with Crippen molar-refractivity contribution in [3.8, 4) is 17.2 Å². The van der Waals surface area contributed by atoms with Crippen LogP contribution in [0.3, 0.4) is 0 Å². The number of fused-ring (bicyclic) bond motifs is 1. The van der Waals surface area contributed by atoms with Gasteiger partial charge in [-0.15, -0.1) is 0 Å². The van der Waals surface area contributed by atoms with E-state index in [1.165, 1.54) is 10.5 Å². The summed E-state index contributed by atoms with van der Waals surface area (Å²) >= 11 is 0. The monoisotopic (exact) mass is 493 g/mol. The molecule has 3 heterocycles. The molecule has 2 saturated heterocycles. The Morgan fingerprint density at radius 3 is 2.42 bits per heavy atom. The topological polar surface area (TPSA) is 71.6 Å².